The number of hydrogen-bond acceptors (Lipinski definition) is 1. The first kappa shape index (κ1) is 43.8. The van der Waals surface area contributed by atoms with Crippen LogP contribution in [0.25, 0.3) is 111 Å². The van der Waals surface area contributed by atoms with Gasteiger partial charge in [0.05, 0.1) is 22.1 Å². The minimum atomic E-state index is 1.09. The van der Waals surface area contributed by atoms with Crippen molar-refractivity contribution >= 4 is 60.7 Å². The molecule has 0 saturated heterocycles. The Kier molecular flexibility index (Phi) is 10.8. The predicted molar refractivity (Wildman–Crippen MR) is 317 cm³/mol. The Hall–Kier alpha value is -9.96. The lowest BCUT2D eigenvalue weighted by atomic mass is 9.97. The Morgan fingerprint density at radius 3 is 0.987 bits per heavy atom. The van der Waals surface area contributed by atoms with Gasteiger partial charge in [0.15, 0.2) is 0 Å². The predicted octanol–water partition coefficient (Wildman–Crippen LogP) is 19.7. The molecule has 352 valence electrons. The Morgan fingerprint density at radius 1 is 0.187 bits per heavy atom. The second-order valence-electron chi connectivity index (χ2n) is 19.4. The van der Waals surface area contributed by atoms with Crippen molar-refractivity contribution in [1.82, 2.24) is 9.13 Å². The molecule has 0 aliphatic heterocycles. The van der Waals surface area contributed by atoms with Gasteiger partial charge in [-0.3, -0.25) is 0 Å². The summed E-state index contributed by atoms with van der Waals surface area (Å²) >= 11 is 0. The number of aromatic nitrogens is 2. The molecule has 2 aromatic heterocycles. The van der Waals surface area contributed by atoms with Crippen LogP contribution in [0.1, 0.15) is 0 Å². The summed E-state index contributed by atoms with van der Waals surface area (Å²) in [7, 11) is 0. The zero-order chi connectivity index (χ0) is 49.7. The van der Waals surface area contributed by atoms with Gasteiger partial charge in [-0.15, -0.1) is 0 Å². The zero-order valence-corrected chi connectivity index (χ0v) is 41.1. The third-order valence-corrected chi connectivity index (χ3v) is 14.9. The molecule has 12 aromatic carbocycles. The van der Waals surface area contributed by atoms with E-state index in [1.807, 2.05) is 0 Å². The standard InChI is InChI=1S/C72H49N3/c1-6-18-50(19-7-1)58-44-59(51-20-8-2-9-21-51)46-64(45-58)73(60-22-10-3-11-23-60)63-39-34-53(35-40-63)52-30-32-54(33-31-52)55-36-41-71-67(47-55)68-49-57(38-43-72(68)75(71)62-26-14-5-15-27-62)56-37-42-70-66(48-56)65-28-16-17-29-69(65)74(70)61-24-12-4-13-25-61/h1-49H. The van der Waals surface area contributed by atoms with E-state index >= 15 is 0 Å². The van der Waals surface area contributed by atoms with Crippen LogP contribution in [0, 0.1) is 0 Å². The summed E-state index contributed by atoms with van der Waals surface area (Å²) in [5.74, 6) is 0. The van der Waals surface area contributed by atoms with Crippen molar-refractivity contribution < 1.29 is 0 Å². The molecule has 0 aliphatic rings. The Labute approximate surface area is 436 Å². The van der Waals surface area contributed by atoms with Crippen LogP contribution >= 0.6 is 0 Å². The molecule has 0 amide bonds. The molecular formula is C72H49N3. The van der Waals surface area contributed by atoms with Gasteiger partial charge in [-0.1, -0.05) is 188 Å². The van der Waals surface area contributed by atoms with Crippen molar-refractivity contribution in [2.45, 2.75) is 0 Å². The SMILES string of the molecule is c1ccc(-c2cc(-c3ccccc3)cc(N(c3ccccc3)c3ccc(-c4ccc(-c5ccc6c(c5)c5cc(-c7ccc8c(c7)c7ccccc7n8-c7ccccc7)ccc5n6-c5ccccc5)cc4)cc3)c2)cc1. The van der Waals surface area contributed by atoms with Crippen molar-refractivity contribution in [1.29, 1.82) is 0 Å². The Morgan fingerprint density at radius 2 is 0.507 bits per heavy atom. The van der Waals surface area contributed by atoms with E-state index in [1.54, 1.807) is 0 Å². The molecule has 0 fully saturated rings. The van der Waals surface area contributed by atoms with Crippen LogP contribution in [-0.4, -0.2) is 9.13 Å². The summed E-state index contributed by atoms with van der Waals surface area (Å²) in [6, 6.07) is 108. The fraction of sp³-hybridized carbons (Fsp3) is 0. The second kappa shape index (κ2) is 18.6. The highest BCUT2D eigenvalue weighted by atomic mass is 15.1. The number of anilines is 3. The van der Waals surface area contributed by atoms with Crippen LogP contribution in [0.3, 0.4) is 0 Å². The number of fused-ring (bicyclic) bond motifs is 6. The highest BCUT2D eigenvalue weighted by Crippen LogP contribution is 2.42. The normalized spacial score (nSPS) is 11.5. The molecule has 0 radical (unpaired) electrons. The third-order valence-electron chi connectivity index (χ3n) is 14.9. The van der Waals surface area contributed by atoms with Gasteiger partial charge >= 0.3 is 0 Å². The van der Waals surface area contributed by atoms with Gasteiger partial charge in [0.1, 0.15) is 0 Å². The first-order chi connectivity index (χ1) is 37.2. The fourth-order valence-electron chi connectivity index (χ4n) is 11.3. The van der Waals surface area contributed by atoms with E-state index < -0.39 is 0 Å². The molecule has 14 rings (SSSR count). The van der Waals surface area contributed by atoms with E-state index in [1.165, 1.54) is 93.7 Å². The van der Waals surface area contributed by atoms with Gasteiger partial charge in [0.25, 0.3) is 0 Å². The first-order valence-electron chi connectivity index (χ1n) is 25.7. The third kappa shape index (κ3) is 7.95. The number of rotatable bonds is 10. The summed E-state index contributed by atoms with van der Waals surface area (Å²) in [4.78, 5) is 2.37. The monoisotopic (exact) mass is 955 g/mol. The average Bonchev–Trinajstić information content (AvgIpc) is 4.00. The van der Waals surface area contributed by atoms with Crippen LogP contribution in [-0.2, 0) is 0 Å². The van der Waals surface area contributed by atoms with Crippen LogP contribution < -0.4 is 4.90 Å². The Balaban J connectivity index is 0.818. The zero-order valence-electron chi connectivity index (χ0n) is 41.1. The molecule has 0 saturated carbocycles. The number of hydrogen-bond donors (Lipinski definition) is 0. The maximum Gasteiger partial charge on any atom is 0.0541 e. The molecule has 3 nitrogen and oxygen atoms in total. The van der Waals surface area contributed by atoms with Crippen molar-refractivity contribution in [2.75, 3.05) is 4.90 Å². The number of nitrogens with zero attached hydrogens (tertiary/aromatic N) is 3. The van der Waals surface area contributed by atoms with Crippen molar-refractivity contribution in [3.05, 3.63) is 297 Å². The summed E-state index contributed by atoms with van der Waals surface area (Å²) < 4.78 is 4.78. The van der Waals surface area contributed by atoms with E-state index in [4.69, 9.17) is 0 Å². The largest absolute Gasteiger partial charge is 0.310 e. The van der Waals surface area contributed by atoms with Crippen LogP contribution in [0.5, 0.6) is 0 Å². The average molecular weight is 956 g/mol. The van der Waals surface area contributed by atoms with E-state index in [0.29, 0.717) is 0 Å². The van der Waals surface area contributed by atoms with Crippen molar-refractivity contribution in [2.24, 2.45) is 0 Å². The molecule has 75 heavy (non-hydrogen) atoms. The molecule has 3 heteroatoms. The molecule has 14 aromatic rings. The van der Waals surface area contributed by atoms with Gasteiger partial charge in [-0.25, -0.2) is 0 Å². The summed E-state index contributed by atoms with van der Waals surface area (Å²) in [6.45, 7) is 0. The van der Waals surface area contributed by atoms with E-state index in [9.17, 15) is 0 Å². The quantitative estimate of drug-likeness (QED) is 0.133. The highest BCUT2D eigenvalue weighted by molar-refractivity contribution is 6.13. The minimum absolute atomic E-state index is 1.09. The molecule has 2 heterocycles. The van der Waals surface area contributed by atoms with E-state index in [0.717, 1.165) is 34.0 Å². The molecule has 0 bridgehead atoms. The minimum Gasteiger partial charge on any atom is -0.310 e. The van der Waals surface area contributed by atoms with Gasteiger partial charge in [-0.2, -0.15) is 0 Å². The molecule has 0 unspecified atom stereocenters. The number of para-hydroxylation sites is 4. The topological polar surface area (TPSA) is 13.1 Å². The lowest BCUT2D eigenvalue weighted by Gasteiger charge is -2.27. The summed E-state index contributed by atoms with van der Waals surface area (Å²) in [5, 5.41) is 4.95. The van der Waals surface area contributed by atoms with Gasteiger partial charge in [0.2, 0.25) is 0 Å². The lowest BCUT2D eigenvalue weighted by Crippen LogP contribution is -2.10. The van der Waals surface area contributed by atoms with Gasteiger partial charge in [0, 0.05) is 50.0 Å². The summed E-state index contributed by atoms with van der Waals surface area (Å²) in [6.07, 6.45) is 0. The smallest absolute Gasteiger partial charge is 0.0541 e. The Bertz CT molecular complexity index is 4290. The molecule has 0 aliphatic carbocycles. The highest BCUT2D eigenvalue weighted by Gasteiger charge is 2.19. The molecular weight excluding hydrogens is 907 g/mol. The van der Waals surface area contributed by atoms with Crippen molar-refractivity contribution in [3.63, 3.8) is 0 Å². The van der Waals surface area contributed by atoms with Crippen LogP contribution in [0.4, 0.5) is 17.1 Å². The maximum absolute atomic E-state index is 2.41. The summed E-state index contributed by atoms with van der Waals surface area (Å²) in [5.41, 5.74) is 22.2. The van der Waals surface area contributed by atoms with Gasteiger partial charge in [-0.05, 0) is 165 Å². The molecule has 0 atom stereocenters. The lowest BCUT2D eigenvalue weighted by molar-refractivity contribution is 1.18. The van der Waals surface area contributed by atoms with Crippen molar-refractivity contribution in [3.8, 4) is 67.0 Å². The molecule has 0 spiro atoms. The second-order valence-corrected chi connectivity index (χ2v) is 19.4. The number of benzene rings is 12. The van der Waals surface area contributed by atoms with Gasteiger partial charge < -0.3 is 14.0 Å². The van der Waals surface area contributed by atoms with E-state index in [2.05, 4.69) is 311 Å². The molecule has 0 N–H and O–H groups in total. The maximum atomic E-state index is 2.41. The van der Waals surface area contributed by atoms with Crippen LogP contribution in [0.15, 0.2) is 297 Å². The fourth-order valence-corrected chi connectivity index (χ4v) is 11.3. The first-order valence-corrected chi connectivity index (χ1v) is 25.7. The van der Waals surface area contributed by atoms with E-state index in [-0.39, 0.29) is 0 Å². The van der Waals surface area contributed by atoms with Crippen LogP contribution in [0.2, 0.25) is 0 Å².